The number of benzene rings is 1. The van der Waals surface area contributed by atoms with Crippen LogP contribution in [0, 0.1) is 5.82 Å². The summed E-state index contributed by atoms with van der Waals surface area (Å²) >= 11 is 3.17. The molecule has 17 heavy (non-hydrogen) atoms. The fraction of sp³-hybridized carbons (Fsp3) is 0.538. The highest BCUT2D eigenvalue weighted by molar-refractivity contribution is 9.10. The number of rotatable bonds is 4. The third-order valence-electron chi connectivity index (χ3n) is 3.32. The zero-order chi connectivity index (χ0) is 12.3. The molecule has 2 N–H and O–H groups in total. The molecule has 1 aromatic rings. The van der Waals surface area contributed by atoms with Gasteiger partial charge in [0.25, 0.3) is 0 Å². The minimum Gasteiger partial charge on any atom is -0.394 e. The average Bonchev–Trinajstić information content (AvgIpc) is 2.82. The maximum atomic E-state index is 13.1. The van der Waals surface area contributed by atoms with Crippen LogP contribution in [0.25, 0.3) is 0 Å². The summed E-state index contributed by atoms with van der Waals surface area (Å²) in [6.07, 6.45) is 4.84. The standard InChI is InChI=1S/C13H17BrFNO/c14-11-7-9(5-6-12(11)15)13(8-17)16-10-3-1-2-4-10/h5-7,10,13,16-17H,1-4,8H2. The normalized spacial score (nSPS) is 18.5. The minimum absolute atomic E-state index is 0.0363. The molecule has 94 valence electrons. The first-order chi connectivity index (χ1) is 8.20. The van der Waals surface area contributed by atoms with Gasteiger partial charge in [-0.05, 0) is 46.5 Å². The Labute approximate surface area is 109 Å². The van der Waals surface area contributed by atoms with Crippen LogP contribution in [0.3, 0.4) is 0 Å². The van der Waals surface area contributed by atoms with Crippen LogP contribution in [0.15, 0.2) is 22.7 Å². The Morgan fingerprint density at radius 3 is 2.71 bits per heavy atom. The van der Waals surface area contributed by atoms with Crippen molar-refractivity contribution in [3.05, 3.63) is 34.1 Å². The second kappa shape index (κ2) is 5.94. The van der Waals surface area contributed by atoms with Crippen LogP contribution in [0.2, 0.25) is 0 Å². The molecule has 0 radical (unpaired) electrons. The maximum absolute atomic E-state index is 13.1. The van der Waals surface area contributed by atoms with Crippen molar-refractivity contribution in [1.29, 1.82) is 0 Å². The van der Waals surface area contributed by atoms with Crippen molar-refractivity contribution in [2.45, 2.75) is 37.8 Å². The van der Waals surface area contributed by atoms with E-state index >= 15 is 0 Å². The monoisotopic (exact) mass is 301 g/mol. The molecule has 1 aliphatic carbocycles. The molecule has 2 rings (SSSR count). The van der Waals surface area contributed by atoms with Gasteiger partial charge in [-0.25, -0.2) is 4.39 Å². The maximum Gasteiger partial charge on any atom is 0.137 e. The second-order valence-corrected chi connectivity index (χ2v) is 5.41. The zero-order valence-electron chi connectivity index (χ0n) is 9.63. The highest BCUT2D eigenvalue weighted by atomic mass is 79.9. The predicted octanol–water partition coefficient (Wildman–Crippen LogP) is 3.15. The highest BCUT2D eigenvalue weighted by Crippen LogP contribution is 2.24. The van der Waals surface area contributed by atoms with Gasteiger partial charge in [0.15, 0.2) is 0 Å². The Hall–Kier alpha value is -0.450. The average molecular weight is 302 g/mol. The largest absolute Gasteiger partial charge is 0.394 e. The van der Waals surface area contributed by atoms with Gasteiger partial charge >= 0.3 is 0 Å². The van der Waals surface area contributed by atoms with Gasteiger partial charge in [-0.1, -0.05) is 18.9 Å². The molecule has 0 spiro atoms. The van der Waals surface area contributed by atoms with Gasteiger partial charge in [-0.15, -0.1) is 0 Å². The zero-order valence-corrected chi connectivity index (χ0v) is 11.2. The Morgan fingerprint density at radius 2 is 2.12 bits per heavy atom. The summed E-state index contributed by atoms with van der Waals surface area (Å²) in [4.78, 5) is 0. The smallest absolute Gasteiger partial charge is 0.137 e. The summed E-state index contributed by atoms with van der Waals surface area (Å²) in [5.74, 6) is -0.272. The summed E-state index contributed by atoms with van der Waals surface area (Å²) in [5, 5.41) is 12.9. The Balaban J connectivity index is 2.08. The van der Waals surface area contributed by atoms with Crippen molar-refractivity contribution in [2.75, 3.05) is 6.61 Å². The molecule has 0 aliphatic heterocycles. The lowest BCUT2D eigenvalue weighted by atomic mass is 10.1. The fourth-order valence-electron chi connectivity index (χ4n) is 2.36. The summed E-state index contributed by atoms with van der Waals surface area (Å²) < 4.78 is 13.6. The molecule has 1 unspecified atom stereocenters. The molecule has 0 heterocycles. The third kappa shape index (κ3) is 3.27. The van der Waals surface area contributed by atoms with Crippen LogP contribution in [0.1, 0.15) is 37.3 Å². The van der Waals surface area contributed by atoms with Crippen molar-refractivity contribution in [3.63, 3.8) is 0 Å². The molecular weight excluding hydrogens is 285 g/mol. The quantitative estimate of drug-likeness (QED) is 0.895. The molecular formula is C13H17BrFNO. The third-order valence-corrected chi connectivity index (χ3v) is 3.93. The summed E-state index contributed by atoms with van der Waals surface area (Å²) in [6.45, 7) is 0.0363. The van der Waals surface area contributed by atoms with Gasteiger partial charge in [0.05, 0.1) is 17.1 Å². The van der Waals surface area contributed by atoms with E-state index in [0.717, 1.165) is 5.56 Å². The number of nitrogens with one attached hydrogen (secondary N) is 1. The highest BCUT2D eigenvalue weighted by Gasteiger charge is 2.20. The van der Waals surface area contributed by atoms with Crippen LogP contribution in [-0.4, -0.2) is 17.8 Å². The Bertz CT molecular complexity index is 380. The minimum atomic E-state index is -0.272. The van der Waals surface area contributed by atoms with Gasteiger partial charge in [0.2, 0.25) is 0 Å². The van der Waals surface area contributed by atoms with E-state index in [2.05, 4.69) is 21.2 Å². The molecule has 1 saturated carbocycles. The number of hydrogen-bond donors (Lipinski definition) is 2. The summed E-state index contributed by atoms with van der Waals surface area (Å²) in [7, 11) is 0. The van der Waals surface area contributed by atoms with Crippen molar-refractivity contribution in [1.82, 2.24) is 5.32 Å². The molecule has 4 heteroatoms. The lowest BCUT2D eigenvalue weighted by molar-refractivity contribution is 0.233. The van der Waals surface area contributed by atoms with Crippen molar-refractivity contribution in [3.8, 4) is 0 Å². The predicted molar refractivity (Wildman–Crippen MR) is 69.3 cm³/mol. The lowest BCUT2D eigenvalue weighted by Gasteiger charge is -2.21. The molecule has 1 fully saturated rings. The molecule has 0 saturated heterocycles. The summed E-state index contributed by atoms with van der Waals surface area (Å²) in [5.41, 5.74) is 0.924. The Morgan fingerprint density at radius 1 is 1.41 bits per heavy atom. The number of halogens is 2. The van der Waals surface area contributed by atoms with E-state index in [9.17, 15) is 9.50 Å². The SMILES string of the molecule is OCC(NC1CCCC1)c1ccc(F)c(Br)c1. The molecule has 0 bridgehead atoms. The van der Waals surface area contributed by atoms with Gasteiger partial charge in [-0.3, -0.25) is 0 Å². The van der Waals surface area contributed by atoms with Crippen LogP contribution in [0.4, 0.5) is 4.39 Å². The first-order valence-corrected chi connectivity index (χ1v) is 6.82. The van der Waals surface area contributed by atoms with Crippen LogP contribution < -0.4 is 5.32 Å². The molecule has 1 aromatic carbocycles. The van der Waals surface area contributed by atoms with Gasteiger partial charge < -0.3 is 10.4 Å². The molecule has 2 nitrogen and oxygen atoms in total. The van der Waals surface area contributed by atoms with Gasteiger partial charge in [0, 0.05) is 6.04 Å². The Kier molecular flexibility index (Phi) is 4.54. The molecule has 0 aromatic heterocycles. The van der Waals surface area contributed by atoms with E-state index in [1.54, 1.807) is 12.1 Å². The van der Waals surface area contributed by atoms with Gasteiger partial charge in [-0.2, -0.15) is 0 Å². The van der Waals surface area contributed by atoms with E-state index in [4.69, 9.17) is 0 Å². The van der Waals surface area contributed by atoms with Crippen molar-refractivity contribution in [2.24, 2.45) is 0 Å². The van der Waals surface area contributed by atoms with Crippen LogP contribution >= 0.6 is 15.9 Å². The van der Waals surface area contributed by atoms with Crippen molar-refractivity contribution < 1.29 is 9.50 Å². The first kappa shape index (κ1) is 13.0. The fourth-order valence-corrected chi connectivity index (χ4v) is 2.76. The lowest BCUT2D eigenvalue weighted by Crippen LogP contribution is -2.32. The molecule has 1 aliphatic rings. The van der Waals surface area contributed by atoms with E-state index in [-0.39, 0.29) is 18.5 Å². The number of aliphatic hydroxyl groups is 1. The van der Waals surface area contributed by atoms with E-state index in [1.807, 2.05) is 0 Å². The first-order valence-electron chi connectivity index (χ1n) is 6.02. The number of aliphatic hydroxyl groups excluding tert-OH is 1. The van der Waals surface area contributed by atoms with Gasteiger partial charge in [0.1, 0.15) is 5.82 Å². The van der Waals surface area contributed by atoms with E-state index < -0.39 is 0 Å². The second-order valence-electron chi connectivity index (χ2n) is 4.56. The van der Waals surface area contributed by atoms with Crippen LogP contribution in [0.5, 0.6) is 0 Å². The molecule has 0 amide bonds. The van der Waals surface area contributed by atoms with Crippen molar-refractivity contribution >= 4 is 15.9 Å². The number of hydrogen-bond acceptors (Lipinski definition) is 2. The van der Waals surface area contributed by atoms with E-state index in [0.29, 0.717) is 10.5 Å². The topological polar surface area (TPSA) is 32.3 Å². The summed E-state index contributed by atoms with van der Waals surface area (Å²) in [6, 6.07) is 5.27. The van der Waals surface area contributed by atoms with Crippen LogP contribution in [-0.2, 0) is 0 Å². The van der Waals surface area contributed by atoms with E-state index in [1.165, 1.54) is 31.7 Å². The molecule has 1 atom stereocenters.